The Morgan fingerprint density at radius 2 is 2.00 bits per heavy atom. The quantitative estimate of drug-likeness (QED) is 0.256. The number of nitrogens with zero attached hydrogens (tertiary/aromatic N) is 1. The van der Waals surface area contributed by atoms with Gasteiger partial charge in [0.2, 0.25) is 0 Å². The molecule has 0 radical (unpaired) electrons. The monoisotopic (exact) mass is 449 g/mol. The van der Waals surface area contributed by atoms with Gasteiger partial charge in [0, 0.05) is 28.3 Å². The number of ether oxygens (including phenoxy) is 1. The molecule has 0 bridgehead atoms. The molecule has 0 spiro atoms. The highest BCUT2D eigenvalue weighted by Crippen LogP contribution is 2.40. The van der Waals surface area contributed by atoms with E-state index in [1.807, 2.05) is 6.07 Å². The number of carbonyl (C=O) groups is 1. The molecule has 160 valence electrons. The molecule has 1 aromatic carbocycles. The first-order valence-electron chi connectivity index (χ1n) is 10.1. The van der Waals surface area contributed by atoms with Crippen molar-refractivity contribution in [1.82, 2.24) is 4.98 Å². The zero-order chi connectivity index (χ0) is 21.5. The molecule has 0 saturated heterocycles. The summed E-state index contributed by atoms with van der Waals surface area (Å²) in [6, 6.07) is 6.37. The van der Waals surface area contributed by atoms with Gasteiger partial charge in [-0.1, -0.05) is 25.0 Å². The van der Waals surface area contributed by atoms with E-state index >= 15 is 0 Å². The van der Waals surface area contributed by atoms with Gasteiger partial charge in [0.25, 0.3) is 0 Å². The Morgan fingerprint density at radius 3 is 2.67 bits per heavy atom. The van der Waals surface area contributed by atoms with Gasteiger partial charge in [-0.05, 0) is 50.5 Å². The fourth-order valence-electron chi connectivity index (χ4n) is 3.33. The Bertz CT molecular complexity index is 891. The van der Waals surface area contributed by atoms with Crippen molar-refractivity contribution in [3.63, 3.8) is 0 Å². The van der Waals surface area contributed by atoms with Gasteiger partial charge >= 0.3 is 5.97 Å². The fraction of sp³-hybridized carbons (Fsp3) is 0.391. The van der Waals surface area contributed by atoms with Gasteiger partial charge in [-0.3, -0.25) is 0 Å². The van der Waals surface area contributed by atoms with Crippen LogP contribution in [-0.2, 0) is 9.53 Å². The van der Waals surface area contributed by atoms with Crippen molar-refractivity contribution in [3.05, 3.63) is 54.2 Å². The molecule has 0 amide bonds. The van der Waals surface area contributed by atoms with Crippen molar-refractivity contribution < 1.29 is 18.3 Å². The van der Waals surface area contributed by atoms with Gasteiger partial charge in [0.15, 0.2) is 0 Å². The highest BCUT2D eigenvalue weighted by atomic mass is 32.2. The second-order valence-corrected chi connectivity index (χ2v) is 9.76. The predicted molar refractivity (Wildman–Crippen MR) is 119 cm³/mol. The lowest BCUT2D eigenvalue weighted by molar-refractivity contribution is -0.137. The van der Waals surface area contributed by atoms with Crippen LogP contribution in [0.1, 0.15) is 39.5 Å². The third-order valence-electron chi connectivity index (χ3n) is 4.75. The smallest absolute Gasteiger partial charge is 0.330 e. The summed E-state index contributed by atoms with van der Waals surface area (Å²) in [5.41, 5.74) is 1.23. The van der Waals surface area contributed by atoms with Crippen LogP contribution in [-0.4, -0.2) is 28.1 Å². The van der Waals surface area contributed by atoms with Crippen LogP contribution in [0.25, 0.3) is 11.1 Å². The minimum Gasteiger partial charge on any atom is -0.463 e. The molecule has 30 heavy (non-hydrogen) atoms. The molecule has 1 fully saturated rings. The Balaban J connectivity index is 1.79. The van der Waals surface area contributed by atoms with Crippen LogP contribution >= 0.6 is 23.5 Å². The largest absolute Gasteiger partial charge is 0.463 e. The second-order valence-electron chi connectivity index (χ2n) is 7.08. The molecule has 3 rings (SSSR count). The lowest BCUT2D eigenvalue weighted by Gasteiger charge is -2.14. The molecule has 0 aliphatic heterocycles. The minimum atomic E-state index is -0.618. The maximum absolute atomic E-state index is 14.8. The summed E-state index contributed by atoms with van der Waals surface area (Å²) in [6.45, 7) is 3.77. The number of rotatable bonds is 8. The Labute approximate surface area is 184 Å². The van der Waals surface area contributed by atoms with E-state index in [9.17, 15) is 13.6 Å². The standard InChI is InChI=1S/C23H25F2NO2S2/c1-3-28-21(27)11-10-15(2)29-22-19(24)13-16(14-20(22)25)18-9-6-12-26-23(18)30-17-7-4-5-8-17/h6,9-15,17H,3-5,7-8H2,1-2H3/b11-10+. The zero-order valence-electron chi connectivity index (χ0n) is 17.1. The molecule has 7 heteroatoms. The number of pyridine rings is 1. The van der Waals surface area contributed by atoms with Crippen LogP contribution in [0.3, 0.4) is 0 Å². The molecular formula is C23H25F2NO2S2. The summed E-state index contributed by atoms with van der Waals surface area (Å²) in [5, 5.41) is 1.03. The molecule has 1 unspecified atom stereocenters. The van der Waals surface area contributed by atoms with E-state index in [1.165, 1.54) is 31.1 Å². The Morgan fingerprint density at radius 1 is 1.30 bits per heavy atom. The summed E-state index contributed by atoms with van der Waals surface area (Å²) in [6.07, 6.45) is 9.32. The van der Waals surface area contributed by atoms with Gasteiger partial charge in [-0.25, -0.2) is 18.6 Å². The summed E-state index contributed by atoms with van der Waals surface area (Å²) in [4.78, 5) is 15.8. The summed E-state index contributed by atoms with van der Waals surface area (Å²) in [5.74, 6) is -1.70. The SMILES string of the molecule is CCOC(=O)/C=C/C(C)Sc1c(F)cc(-c2cccnc2SC2CCCC2)cc1F. The number of esters is 1. The zero-order valence-corrected chi connectivity index (χ0v) is 18.7. The molecule has 1 aromatic heterocycles. The van der Waals surface area contributed by atoms with Crippen molar-refractivity contribution in [2.24, 2.45) is 0 Å². The summed E-state index contributed by atoms with van der Waals surface area (Å²) >= 11 is 2.72. The lowest BCUT2D eigenvalue weighted by Crippen LogP contribution is -2.02. The normalized spacial score (nSPS) is 15.6. The maximum atomic E-state index is 14.8. The number of benzene rings is 1. The van der Waals surface area contributed by atoms with Gasteiger partial charge in [-0.2, -0.15) is 0 Å². The predicted octanol–water partition coefficient (Wildman–Crippen LogP) is 6.66. The lowest BCUT2D eigenvalue weighted by atomic mass is 10.1. The molecule has 1 saturated carbocycles. The van der Waals surface area contributed by atoms with Crippen molar-refractivity contribution >= 4 is 29.5 Å². The van der Waals surface area contributed by atoms with E-state index in [-0.39, 0.29) is 16.8 Å². The first kappa shape index (κ1) is 22.8. The van der Waals surface area contributed by atoms with Crippen LogP contribution in [0.15, 0.2) is 52.5 Å². The van der Waals surface area contributed by atoms with Crippen LogP contribution in [0.2, 0.25) is 0 Å². The molecular weight excluding hydrogens is 424 g/mol. The van der Waals surface area contributed by atoms with Gasteiger partial charge in [0.1, 0.15) is 16.7 Å². The molecule has 0 N–H and O–H groups in total. The average molecular weight is 450 g/mol. The Kier molecular flexibility index (Phi) is 8.33. The number of aromatic nitrogens is 1. The second kappa shape index (κ2) is 11.0. The van der Waals surface area contributed by atoms with Crippen LogP contribution in [0.4, 0.5) is 8.78 Å². The highest BCUT2D eigenvalue weighted by molar-refractivity contribution is 8.00. The summed E-state index contributed by atoms with van der Waals surface area (Å²) < 4.78 is 34.4. The van der Waals surface area contributed by atoms with Crippen LogP contribution in [0, 0.1) is 11.6 Å². The maximum Gasteiger partial charge on any atom is 0.330 e. The summed E-state index contributed by atoms with van der Waals surface area (Å²) in [7, 11) is 0. The topological polar surface area (TPSA) is 39.2 Å². The first-order valence-corrected chi connectivity index (χ1v) is 11.9. The van der Waals surface area contributed by atoms with Crippen molar-refractivity contribution in [1.29, 1.82) is 0 Å². The number of thioether (sulfide) groups is 2. The van der Waals surface area contributed by atoms with E-state index in [0.29, 0.717) is 10.8 Å². The first-order chi connectivity index (χ1) is 14.5. The molecule has 2 aromatic rings. The van der Waals surface area contributed by atoms with Crippen LogP contribution < -0.4 is 0 Å². The van der Waals surface area contributed by atoms with Gasteiger partial charge in [0.05, 0.1) is 11.5 Å². The van der Waals surface area contributed by atoms with Crippen LogP contribution in [0.5, 0.6) is 0 Å². The molecule has 1 aliphatic carbocycles. The molecule has 1 heterocycles. The fourth-order valence-corrected chi connectivity index (χ4v) is 5.52. The number of carbonyl (C=O) groups excluding carboxylic acids is 1. The molecule has 1 atom stereocenters. The minimum absolute atomic E-state index is 0.0614. The highest BCUT2D eigenvalue weighted by Gasteiger charge is 2.21. The van der Waals surface area contributed by atoms with Crippen molar-refractivity contribution in [2.45, 2.75) is 60.0 Å². The molecule has 1 aliphatic rings. The van der Waals surface area contributed by atoms with E-state index < -0.39 is 17.6 Å². The van der Waals surface area contributed by atoms with E-state index in [0.717, 1.165) is 35.2 Å². The van der Waals surface area contributed by atoms with E-state index in [2.05, 4.69) is 4.98 Å². The molecule has 3 nitrogen and oxygen atoms in total. The van der Waals surface area contributed by atoms with E-state index in [1.54, 1.807) is 43.9 Å². The number of halogens is 2. The van der Waals surface area contributed by atoms with Gasteiger partial charge in [-0.15, -0.1) is 23.5 Å². The van der Waals surface area contributed by atoms with E-state index in [4.69, 9.17) is 4.74 Å². The van der Waals surface area contributed by atoms with Crippen molar-refractivity contribution in [2.75, 3.05) is 6.61 Å². The number of hydrogen-bond donors (Lipinski definition) is 0. The third kappa shape index (κ3) is 6.08. The Hall–Kier alpha value is -1.86. The number of hydrogen-bond acceptors (Lipinski definition) is 5. The van der Waals surface area contributed by atoms with Crippen molar-refractivity contribution in [3.8, 4) is 11.1 Å². The third-order valence-corrected chi connectivity index (χ3v) is 7.26. The van der Waals surface area contributed by atoms with Gasteiger partial charge < -0.3 is 4.74 Å². The average Bonchev–Trinajstić information content (AvgIpc) is 3.23.